The van der Waals surface area contributed by atoms with Gasteiger partial charge in [-0.1, -0.05) is 42.5 Å². The molecule has 0 bridgehead atoms. The molecule has 0 radical (unpaired) electrons. The predicted molar refractivity (Wildman–Crippen MR) is 83.4 cm³/mol. The number of aromatic carboxylic acids is 1. The van der Waals surface area contributed by atoms with Crippen molar-refractivity contribution in [2.45, 2.75) is 33.0 Å². The average molecular weight is 284 g/mol. The van der Waals surface area contributed by atoms with Gasteiger partial charge in [0.05, 0.1) is 17.8 Å². The summed E-state index contributed by atoms with van der Waals surface area (Å²) in [7, 11) is 0. The molecule has 2 aromatic carbocycles. The Labute approximate surface area is 125 Å². The van der Waals surface area contributed by atoms with Crippen LogP contribution in [0.4, 0.5) is 0 Å². The molecule has 0 fully saturated rings. The standard InChI is InChI=1S/C18H20O3/c1-18(2,3)21-12-13-8-10-14(11-9-13)15-6-4-5-7-16(15)17(19)20/h4-11H,12H2,1-3H3,(H,19,20). The fourth-order valence-corrected chi connectivity index (χ4v) is 2.00. The van der Waals surface area contributed by atoms with Gasteiger partial charge in [0, 0.05) is 0 Å². The van der Waals surface area contributed by atoms with Gasteiger partial charge in [0.1, 0.15) is 0 Å². The van der Waals surface area contributed by atoms with Crippen LogP contribution < -0.4 is 0 Å². The first-order chi connectivity index (χ1) is 9.87. The number of benzene rings is 2. The van der Waals surface area contributed by atoms with Crippen LogP contribution in [0.5, 0.6) is 0 Å². The number of carbonyl (C=O) groups is 1. The molecule has 2 rings (SSSR count). The first-order valence-electron chi connectivity index (χ1n) is 6.92. The summed E-state index contributed by atoms with van der Waals surface area (Å²) >= 11 is 0. The smallest absolute Gasteiger partial charge is 0.336 e. The van der Waals surface area contributed by atoms with E-state index >= 15 is 0 Å². The van der Waals surface area contributed by atoms with Crippen molar-refractivity contribution in [2.75, 3.05) is 0 Å². The van der Waals surface area contributed by atoms with Crippen molar-refractivity contribution in [2.24, 2.45) is 0 Å². The highest BCUT2D eigenvalue weighted by molar-refractivity contribution is 5.95. The summed E-state index contributed by atoms with van der Waals surface area (Å²) in [5.74, 6) is -0.911. The maximum absolute atomic E-state index is 11.3. The molecule has 110 valence electrons. The van der Waals surface area contributed by atoms with E-state index in [2.05, 4.69) is 0 Å². The molecule has 0 heterocycles. The van der Waals surface area contributed by atoms with Crippen LogP contribution >= 0.6 is 0 Å². The molecule has 0 aromatic heterocycles. The van der Waals surface area contributed by atoms with Gasteiger partial charge in [-0.15, -0.1) is 0 Å². The van der Waals surface area contributed by atoms with Crippen molar-refractivity contribution >= 4 is 5.97 Å². The maximum atomic E-state index is 11.3. The highest BCUT2D eigenvalue weighted by Crippen LogP contribution is 2.24. The van der Waals surface area contributed by atoms with Crippen molar-refractivity contribution in [3.05, 3.63) is 59.7 Å². The topological polar surface area (TPSA) is 46.5 Å². The Bertz CT molecular complexity index is 622. The quantitative estimate of drug-likeness (QED) is 0.907. The Balaban J connectivity index is 2.22. The summed E-state index contributed by atoms with van der Waals surface area (Å²) in [5.41, 5.74) is 2.84. The Kier molecular flexibility index (Phi) is 4.43. The molecule has 0 aliphatic carbocycles. The number of hydrogen-bond donors (Lipinski definition) is 1. The normalized spacial score (nSPS) is 11.4. The van der Waals surface area contributed by atoms with Crippen molar-refractivity contribution < 1.29 is 14.6 Å². The molecule has 0 atom stereocenters. The summed E-state index contributed by atoms with van der Waals surface area (Å²) in [4.78, 5) is 11.3. The van der Waals surface area contributed by atoms with E-state index in [0.29, 0.717) is 12.2 Å². The molecule has 0 saturated carbocycles. The van der Waals surface area contributed by atoms with Crippen LogP contribution in [-0.4, -0.2) is 16.7 Å². The summed E-state index contributed by atoms with van der Waals surface area (Å²) < 4.78 is 5.73. The predicted octanol–water partition coefficient (Wildman–Crippen LogP) is 4.37. The zero-order chi connectivity index (χ0) is 15.5. The molecule has 3 heteroatoms. The number of carboxylic acids is 1. The van der Waals surface area contributed by atoms with E-state index in [0.717, 1.165) is 16.7 Å². The molecular weight excluding hydrogens is 264 g/mol. The number of carboxylic acid groups (broad SMARTS) is 1. The highest BCUT2D eigenvalue weighted by Gasteiger charge is 2.12. The lowest BCUT2D eigenvalue weighted by molar-refractivity contribution is -0.0149. The summed E-state index contributed by atoms with van der Waals surface area (Å²) in [5, 5.41) is 9.24. The van der Waals surface area contributed by atoms with Gasteiger partial charge < -0.3 is 9.84 Å². The molecule has 0 aliphatic rings. The van der Waals surface area contributed by atoms with Crippen LogP contribution in [0, 0.1) is 0 Å². The average Bonchev–Trinajstić information content (AvgIpc) is 2.45. The zero-order valence-electron chi connectivity index (χ0n) is 12.6. The third kappa shape index (κ3) is 4.17. The van der Waals surface area contributed by atoms with Gasteiger partial charge >= 0.3 is 5.97 Å². The van der Waals surface area contributed by atoms with Crippen molar-refractivity contribution in [1.29, 1.82) is 0 Å². The monoisotopic (exact) mass is 284 g/mol. The second-order valence-electron chi connectivity index (χ2n) is 5.95. The second-order valence-corrected chi connectivity index (χ2v) is 5.95. The number of ether oxygens (including phenoxy) is 1. The molecule has 0 spiro atoms. The van der Waals surface area contributed by atoms with E-state index in [1.54, 1.807) is 12.1 Å². The maximum Gasteiger partial charge on any atom is 0.336 e. The van der Waals surface area contributed by atoms with Gasteiger partial charge in [-0.3, -0.25) is 0 Å². The van der Waals surface area contributed by atoms with Crippen LogP contribution in [0.15, 0.2) is 48.5 Å². The van der Waals surface area contributed by atoms with Gasteiger partial charge in [-0.05, 0) is 43.5 Å². The molecule has 0 aliphatic heterocycles. The Morgan fingerprint density at radius 3 is 2.24 bits per heavy atom. The lowest BCUT2D eigenvalue weighted by atomic mass is 9.99. The molecule has 2 aromatic rings. The van der Waals surface area contributed by atoms with E-state index in [1.165, 1.54) is 0 Å². The Morgan fingerprint density at radius 2 is 1.67 bits per heavy atom. The molecule has 3 nitrogen and oxygen atoms in total. The summed E-state index contributed by atoms with van der Waals surface area (Å²) in [6, 6.07) is 14.8. The fourth-order valence-electron chi connectivity index (χ4n) is 2.00. The minimum atomic E-state index is -0.911. The van der Waals surface area contributed by atoms with E-state index in [9.17, 15) is 9.90 Å². The van der Waals surface area contributed by atoms with Gasteiger partial charge in [-0.2, -0.15) is 0 Å². The lowest BCUT2D eigenvalue weighted by Crippen LogP contribution is -2.18. The molecule has 1 N–H and O–H groups in total. The molecule has 21 heavy (non-hydrogen) atoms. The number of rotatable bonds is 4. The lowest BCUT2D eigenvalue weighted by Gasteiger charge is -2.19. The fraction of sp³-hybridized carbons (Fsp3) is 0.278. The highest BCUT2D eigenvalue weighted by atomic mass is 16.5. The third-order valence-electron chi connectivity index (χ3n) is 3.09. The molecular formula is C18H20O3. The summed E-state index contributed by atoms with van der Waals surface area (Å²) in [6.45, 7) is 6.60. The SMILES string of the molecule is CC(C)(C)OCc1ccc(-c2ccccc2C(=O)O)cc1. The summed E-state index contributed by atoms with van der Waals surface area (Å²) in [6.07, 6.45) is 0. The van der Waals surface area contributed by atoms with Gasteiger partial charge in [-0.25, -0.2) is 4.79 Å². The van der Waals surface area contributed by atoms with E-state index in [-0.39, 0.29) is 5.60 Å². The third-order valence-corrected chi connectivity index (χ3v) is 3.09. The van der Waals surface area contributed by atoms with Gasteiger partial charge in [0.2, 0.25) is 0 Å². The van der Waals surface area contributed by atoms with Crippen molar-refractivity contribution in [1.82, 2.24) is 0 Å². The van der Waals surface area contributed by atoms with Crippen LogP contribution in [0.1, 0.15) is 36.7 Å². The number of hydrogen-bond acceptors (Lipinski definition) is 2. The van der Waals surface area contributed by atoms with E-state index in [4.69, 9.17) is 4.74 Å². The van der Waals surface area contributed by atoms with Crippen molar-refractivity contribution in [3.63, 3.8) is 0 Å². The van der Waals surface area contributed by atoms with Crippen LogP contribution in [0.25, 0.3) is 11.1 Å². The first kappa shape index (κ1) is 15.3. The zero-order valence-corrected chi connectivity index (χ0v) is 12.6. The van der Waals surface area contributed by atoms with Gasteiger partial charge in [0.15, 0.2) is 0 Å². The minimum absolute atomic E-state index is 0.172. The minimum Gasteiger partial charge on any atom is -0.478 e. The van der Waals surface area contributed by atoms with Crippen LogP contribution in [-0.2, 0) is 11.3 Å². The van der Waals surface area contributed by atoms with Crippen LogP contribution in [0.2, 0.25) is 0 Å². The van der Waals surface area contributed by atoms with Crippen LogP contribution in [0.3, 0.4) is 0 Å². The van der Waals surface area contributed by atoms with E-state index in [1.807, 2.05) is 57.2 Å². The molecule has 0 amide bonds. The largest absolute Gasteiger partial charge is 0.478 e. The van der Waals surface area contributed by atoms with E-state index < -0.39 is 5.97 Å². The van der Waals surface area contributed by atoms with Gasteiger partial charge in [0.25, 0.3) is 0 Å². The van der Waals surface area contributed by atoms with Crippen molar-refractivity contribution in [3.8, 4) is 11.1 Å². The molecule has 0 saturated heterocycles. The second kappa shape index (κ2) is 6.10. The molecule has 0 unspecified atom stereocenters. The first-order valence-corrected chi connectivity index (χ1v) is 6.92. The Morgan fingerprint density at radius 1 is 1.05 bits per heavy atom. The Hall–Kier alpha value is -2.13.